The molecule has 2 aromatic carbocycles. The van der Waals surface area contributed by atoms with Gasteiger partial charge in [-0.1, -0.05) is 36.4 Å². The summed E-state index contributed by atoms with van der Waals surface area (Å²) in [5.74, 6) is -0.330. The van der Waals surface area contributed by atoms with E-state index in [1.807, 2.05) is 29.6 Å². The zero-order valence-electron chi connectivity index (χ0n) is 10.4. The lowest BCUT2D eigenvalue weighted by Crippen LogP contribution is -2.03. The fourth-order valence-corrected chi connectivity index (χ4v) is 3.22. The quantitative estimate of drug-likeness (QED) is 0.731. The van der Waals surface area contributed by atoms with Gasteiger partial charge in [0, 0.05) is 15.8 Å². The van der Waals surface area contributed by atoms with Crippen LogP contribution in [0.2, 0.25) is 0 Å². The maximum absolute atomic E-state index is 14.1. The van der Waals surface area contributed by atoms with Gasteiger partial charge in [0.1, 0.15) is 11.9 Å². The van der Waals surface area contributed by atoms with Gasteiger partial charge in [-0.25, -0.2) is 4.39 Å². The topological polar surface area (TPSA) is 20.2 Å². The monoisotopic (exact) mass is 272 g/mol. The van der Waals surface area contributed by atoms with Crippen LogP contribution in [0.4, 0.5) is 4.39 Å². The predicted molar refractivity (Wildman–Crippen MR) is 77.0 cm³/mol. The Balaban J connectivity index is 2.16. The van der Waals surface area contributed by atoms with Crippen molar-refractivity contribution >= 4 is 21.4 Å². The van der Waals surface area contributed by atoms with Crippen LogP contribution in [0, 0.1) is 12.7 Å². The summed E-state index contributed by atoms with van der Waals surface area (Å²) in [5.41, 5.74) is 1.65. The number of hydrogen-bond donors (Lipinski definition) is 1. The van der Waals surface area contributed by atoms with E-state index in [-0.39, 0.29) is 5.82 Å². The van der Waals surface area contributed by atoms with Crippen molar-refractivity contribution in [1.82, 2.24) is 0 Å². The lowest BCUT2D eigenvalue weighted by Gasteiger charge is -2.14. The zero-order chi connectivity index (χ0) is 13.4. The average Bonchev–Trinajstić information content (AvgIpc) is 2.89. The molecule has 3 rings (SSSR count). The normalized spacial score (nSPS) is 12.8. The number of hydrogen-bond acceptors (Lipinski definition) is 2. The predicted octanol–water partition coefficient (Wildman–Crippen LogP) is 4.43. The number of fused-ring (bicyclic) bond motifs is 1. The Morgan fingerprint density at radius 1 is 1.05 bits per heavy atom. The molecule has 0 radical (unpaired) electrons. The molecule has 1 N–H and O–H groups in total. The molecule has 1 heterocycles. The van der Waals surface area contributed by atoms with Crippen molar-refractivity contribution < 1.29 is 9.50 Å². The first-order valence-electron chi connectivity index (χ1n) is 6.07. The van der Waals surface area contributed by atoms with Gasteiger partial charge in [0.25, 0.3) is 0 Å². The van der Waals surface area contributed by atoms with E-state index in [1.54, 1.807) is 36.5 Å². The maximum Gasteiger partial charge on any atom is 0.132 e. The van der Waals surface area contributed by atoms with Gasteiger partial charge in [0.2, 0.25) is 0 Å². The fraction of sp³-hybridized carbons (Fsp3) is 0.125. The van der Waals surface area contributed by atoms with Crippen molar-refractivity contribution in [2.45, 2.75) is 13.0 Å². The van der Waals surface area contributed by atoms with E-state index in [0.717, 1.165) is 15.6 Å². The standard InChI is InChI=1S/C16H13FOS/c1-10-4-2-6-12(14(10)17)15(18)13-7-3-5-11-8-9-19-16(11)13/h2-9,15,18H,1H3. The Labute approximate surface area is 115 Å². The van der Waals surface area contributed by atoms with Crippen molar-refractivity contribution in [2.24, 2.45) is 0 Å². The lowest BCUT2D eigenvalue weighted by molar-refractivity contribution is 0.216. The van der Waals surface area contributed by atoms with Gasteiger partial charge in [-0.05, 0) is 29.3 Å². The Bertz CT molecular complexity index is 732. The number of aryl methyl sites for hydroxylation is 1. The van der Waals surface area contributed by atoms with Crippen LogP contribution in [0.25, 0.3) is 10.1 Å². The van der Waals surface area contributed by atoms with Gasteiger partial charge in [0.05, 0.1) is 0 Å². The summed E-state index contributed by atoms with van der Waals surface area (Å²) >= 11 is 1.56. The van der Waals surface area contributed by atoms with Crippen LogP contribution in [0.15, 0.2) is 47.8 Å². The molecule has 1 unspecified atom stereocenters. The van der Waals surface area contributed by atoms with Crippen molar-refractivity contribution in [3.8, 4) is 0 Å². The van der Waals surface area contributed by atoms with E-state index < -0.39 is 6.10 Å². The average molecular weight is 272 g/mol. The van der Waals surface area contributed by atoms with Crippen LogP contribution in [0.1, 0.15) is 22.8 Å². The van der Waals surface area contributed by atoms with Crippen LogP contribution in [0.5, 0.6) is 0 Å². The fourth-order valence-electron chi connectivity index (χ4n) is 2.28. The summed E-state index contributed by atoms with van der Waals surface area (Å²) in [6, 6.07) is 12.9. The molecule has 0 aliphatic carbocycles. The molecule has 0 saturated carbocycles. The molecule has 0 aliphatic rings. The van der Waals surface area contributed by atoms with Gasteiger partial charge in [-0.2, -0.15) is 0 Å². The first-order valence-corrected chi connectivity index (χ1v) is 6.95. The summed E-state index contributed by atoms with van der Waals surface area (Å²) in [5, 5.41) is 13.5. The molecular weight excluding hydrogens is 259 g/mol. The Kier molecular flexibility index (Phi) is 3.09. The van der Waals surface area contributed by atoms with Crippen LogP contribution < -0.4 is 0 Å². The third kappa shape index (κ3) is 2.05. The van der Waals surface area contributed by atoms with Crippen molar-refractivity contribution in [3.63, 3.8) is 0 Å². The van der Waals surface area contributed by atoms with Crippen LogP contribution >= 0.6 is 11.3 Å². The summed E-state index contributed by atoms with van der Waals surface area (Å²) in [6.45, 7) is 1.71. The van der Waals surface area contributed by atoms with Gasteiger partial charge >= 0.3 is 0 Å². The SMILES string of the molecule is Cc1cccc(C(O)c2cccc3ccsc23)c1F. The molecular formula is C16H13FOS. The number of halogens is 1. The Hall–Kier alpha value is -1.71. The highest BCUT2D eigenvalue weighted by Gasteiger charge is 2.18. The van der Waals surface area contributed by atoms with Gasteiger partial charge in [0.15, 0.2) is 0 Å². The molecule has 1 aromatic heterocycles. The van der Waals surface area contributed by atoms with Crippen LogP contribution in [0.3, 0.4) is 0 Å². The Morgan fingerprint density at radius 3 is 2.63 bits per heavy atom. The smallest absolute Gasteiger partial charge is 0.132 e. The molecule has 0 saturated heterocycles. The molecule has 96 valence electrons. The first kappa shape index (κ1) is 12.3. The van der Waals surface area contributed by atoms with Gasteiger partial charge in [-0.15, -0.1) is 11.3 Å². The molecule has 1 atom stereocenters. The molecule has 19 heavy (non-hydrogen) atoms. The van der Waals surface area contributed by atoms with Crippen molar-refractivity contribution in [1.29, 1.82) is 0 Å². The van der Waals surface area contributed by atoms with E-state index in [4.69, 9.17) is 0 Å². The van der Waals surface area contributed by atoms with Gasteiger partial charge < -0.3 is 5.11 Å². The number of aliphatic hydroxyl groups excluding tert-OH is 1. The highest BCUT2D eigenvalue weighted by Crippen LogP contribution is 2.33. The van der Waals surface area contributed by atoms with Gasteiger partial charge in [-0.3, -0.25) is 0 Å². The third-order valence-electron chi connectivity index (χ3n) is 3.32. The number of thiophene rings is 1. The summed E-state index contributed by atoms with van der Waals surface area (Å²) in [6.07, 6.45) is -0.928. The Morgan fingerprint density at radius 2 is 1.79 bits per heavy atom. The number of rotatable bonds is 2. The summed E-state index contributed by atoms with van der Waals surface area (Å²) < 4.78 is 15.1. The molecule has 1 nitrogen and oxygen atoms in total. The summed E-state index contributed by atoms with van der Waals surface area (Å²) in [4.78, 5) is 0. The van der Waals surface area contributed by atoms with Crippen LogP contribution in [-0.4, -0.2) is 5.11 Å². The third-order valence-corrected chi connectivity index (χ3v) is 4.30. The van der Waals surface area contributed by atoms with Crippen molar-refractivity contribution in [2.75, 3.05) is 0 Å². The van der Waals surface area contributed by atoms with E-state index in [1.165, 1.54) is 0 Å². The minimum absolute atomic E-state index is 0.330. The number of benzene rings is 2. The van der Waals surface area contributed by atoms with Crippen LogP contribution in [-0.2, 0) is 0 Å². The highest BCUT2D eigenvalue weighted by molar-refractivity contribution is 7.17. The van der Waals surface area contributed by atoms with E-state index in [2.05, 4.69) is 0 Å². The molecule has 0 amide bonds. The zero-order valence-corrected chi connectivity index (χ0v) is 11.2. The molecule has 0 spiro atoms. The summed E-state index contributed by atoms with van der Waals surface area (Å²) in [7, 11) is 0. The second kappa shape index (κ2) is 4.76. The van der Waals surface area contributed by atoms with E-state index >= 15 is 0 Å². The largest absolute Gasteiger partial charge is 0.383 e. The minimum Gasteiger partial charge on any atom is -0.383 e. The molecule has 0 aliphatic heterocycles. The minimum atomic E-state index is -0.928. The second-order valence-electron chi connectivity index (χ2n) is 4.57. The van der Waals surface area contributed by atoms with E-state index in [0.29, 0.717) is 11.1 Å². The van der Waals surface area contributed by atoms with E-state index in [9.17, 15) is 9.50 Å². The molecule has 0 fully saturated rings. The molecule has 3 aromatic rings. The second-order valence-corrected chi connectivity index (χ2v) is 5.48. The maximum atomic E-state index is 14.1. The number of aliphatic hydroxyl groups is 1. The highest BCUT2D eigenvalue weighted by atomic mass is 32.1. The van der Waals surface area contributed by atoms with Crippen molar-refractivity contribution in [3.05, 3.63) is 70.4 Å². The molecule has 3 heteroatoms. The lowest BCUT2D eigenvalue weighted by atomic mass is 9.98. The first-order chi connectivity index (χ1) is 9.18. The molecule has 0 bridgehead atoms.